The van der Waals surface area contributed by atoms with E-state index in [1.807, 2.05) is 73.7 Å². The summed E-state index contributed by atoms with van der Waals surface area (Å²) in [6.45, 7) is 2.47. The summed E-state index contributed by atoms with van der Waals surface area (Å²) < 4.78 is 11.0. The maximum absolute atomic E-state index is 13.3. The van der Waals surface area contributed by atoms with Gasteiger partial charge < -0.3 is 9.47 Å². The molecule has 7 heteroatoms. The number of aromatic nitrogens is 1. The summed E-state index contributed by atoms with van der Waals surface area (Å²) in [5, 5.41) is 0.555. The van der Waals surface area contributed by atoms with Gasteiger partial charge in [0.1, 0.15) is 0 Å². The lowest BCUT2D eigenvalue weighted by Crippen LogP contribution is -2.28. The third-order valence-electron chi connectivity index (χ3n) is 4.47. The van der Waals surface area contributed by atoms with Crippen LogP contribution in [0.5, 0.6) is 11.5 Å². The predicted molar refractivity (Wildman–Crippen MR) is 125 cm³/mol. The van der Waals surface area contributed by atoms with E-state index in [0.717, 1.165) is 11.3 Å². The molecular formula is C24H21N3O3S. The molecule has 0 aliphatic carbocycles. The Morgan fingerprint density at radius 3 is 2.58 bits per heavy atom. The second-order valence-electron chi connectivity index (χ2n) is 6.51. The van der Waals surface area contributed by atoms with E-state index in [-0.39, 0.29) is 5.91 Å². The SMILES string of the molecule is CCOc1ccc(/C=C2\S/C(=N/c3ccccn3)N(c3ccccc3)C2=O)cc1OC. The summed E-state index contributed by atoms with van der Waals surface area (Å²) in [6.07, 6.45) is 3.51. The van der Waals surface area contributed by atoms with Gasteiger partial charge in [0, 0.05) is 6.20 Å². The average molecular weight is 432 g/mol. The summed E-state index contributed by atoms with van der Waals surface area (Å²) in [7, 11) is 1.60. The van der Waals surface area contributed by atoms with Crippen molar-refractivity contribution in [2.75, 3.05) is 18.6 Å². The molecule has 1 aliphatic heterocycles. The van der Waals surface area contributed by atoms with Gasteiger partial charge in [0.05, 0.1) is 24.3 Å². The lowest BCUT2D eigenvalue weighted by Gasteiger charge is -2.15. The number of anilines is 1. The highest BCUT2D eigenvalue weighted by atomic mass is 32.2. The number of amidine groups is 1. The van der Waals surface area contributed by atoms with Crippen LogP contribution in [0.4, 0.5) is 11.5 Å². The largest absolute Gasteiger partial charge is 0.493 e. The van der Waals surface area contributed by atoms with Crippen molar-refractivity contribution in [3.8, 4) is 11.5 Å². The van der Waals surface area contributed by atoms with Crippen LogP contribution in [0.2, 0.25) is 0 Å². The van der Waals surface area contributed by atoms with E-state index in [9.17, 15) is 4.79 Å². The highest BCUT2D eigenvalue weighted by Crippen LogP contribution is 2.38. The molecule has 2 heterocycles. The molecule has 0 atom stereocenters. The Labute approximate surface area is 185 Å². The van der Waals surface area contributed by atoms with E-state index < -0.39 is 0 Å². The number of thioether (sulfide) groups is 1. The summed E-state index contributed by atoms with van der Waals surface area (Å²) >= 11 is 1.31. The van der Waals surface area contributed by atoms with Gasteiger partial charge in [0.25, 0.3) is 5.91 Å². The minimum absolute atomic E-state index is 0.140. The number of methoxy groups -OCH3 is 1. The molecule has 1 saturated heterocycles. The summed E-state index contributed by atoms with van der Waals surface area (Å²) in [4.78, 5) is 24.4. The molecule has 4 rings (SSSR count). The molecule has 1 amide bonds. The fourth-order valence-corrected chi connectivity index (χ4v) is 4.06. The predicted octanol–water partition coefficient (Wildman–Crippen LogP) is 5.30. The molecule has 0 bridgehead atoms. The number of aliphatic imine (C=N–C) groups is 1. The lowest BCUT2D eigenvalue weighted by molar-refractivity contribution is -0.113. The monoisotopic (exact) mass is 431 g/mol. The summed E-state index contributed by atoms with van der Waals surface area (Å²) in [5.74, 6) is 1.69. The maximum Gasteiger partial charge on any atom is 0.271 e. The molecule has 3 aromatic rings. The molecule has 1 fully saturated rings. The zero-order valence-electron chi connectivity index (χ0n) is 17.2. The van der Waals surface area contributed by atoms with E-state index >= 15 is 0 Å². The Kier molecular flexibility index (Phi) is 6.33. The van der Waals surface area contributed by atoms with Gasteiger partial charge in [-0.15, -0.1) is 0 Å². The van der Waals surface area contributed by atoms with Crippen LogP contribution in [-0.4, -0.2) is 29.8 Å². The van der Waals surface area contributed by atoms with Gasteiger partial charge in [-0.3, -0.25) is 9.69 Å². The average Bonchev–Trinajstić information content (AvgIpc) is 3.10. The van der Waals surface area contributed by atoms with Gasteiger partial charge >= 0.3 is 0 Å². The van der Waals surface area contributed by atoms with Crippen molar-refractivity contribution < 1.29 is 14.3 Å². The van der Waals surface area contributed by atoms with Crippen LogP contribution in [0, 0.1) is 0 Å². The van der Waals surface area contributed by atoms with Gasteiger partial charge in [-0.1, -0.05) is 30.3 Å². The van der Waals surface area contributed by atoms with Crippen LogP contribution in [0.3, 0.4) is 0 Å². The zero-order chi connectivity index (χ0) is 21.6. The first kappa shape index (κ1) is 20.7. The van der Waals surface area contributed by atoms with Crippen LogP contribution >= 0.6 is 11.8 Å². The molecule has 1 aromatic heterocycles. The van der Waals surface area contributed by atoms with Gasteiger partial charge in [-0.2, -0.15) is 0 Å². The number of hydrogen-bond donors (Lipinski definition) is 0. The first-order valence-corrected chi connectivity index (χ1v) is 10.6. The molecule has 156 valence electrons. The number of rotatable bonds is 6. The molecule has 2 aromatic carbocycles. The van der Waals surface area contributed by atoms with E-state index in [2.05, 4.69) is 9.98 Å². The van der Waals surface area contributed by atoms with Crippen molar-refractivity contribution >= 4 is 40.4 Å². The van der Waals surface area contributed by atoms with Crippen molar-refractivity contribution in [1.29, 1.82) is 0 Å². The van der Waals surface area contributed by atoms with E-state index in [1.54, 1.807) is 24.3 Å². The molecule has 31 heavy (non-hydrogen) atoms. The minimum Gasteiger partial charge on any atom is -0.493 e. The molecule has 0 saturated carbocycles. The van der Waals surface area contributed by atoms with Crippen molar-refractivity contribution in [1.82, 2.24) is 4.98 Å². The van der Waals surface area contributed by atoms with E-state index in [0.29, 0.717) is 34.0 Å². The van der Waals surface area contributed by atoms with E-state index in [4.69, 9.17) is 9.47 Å². The van der Waals surface area contributed by atoms with Crippen LogP contribution in [-0.2, 0) is 4.79 Å². The lowest BCUT2D eigenvalue weighted by atomic mass is 10.2. The number of hydrogen-bond acceptors (Lipinski definition) is 6. The molecule has 0 N–H and O–H groups in total. The highest BCUT2D eigenvalue weighted by molar-refractivity contribution is 8.19. The number of benzene rings is 2. The van der Waals surface area contributed by atoms with Gasteiger partial charge in [-0.25, -0.2) is 9.98 Å². The molecule has 0 unspecified atom stereocenters. The van der Waals surface area contributed by atoms with Gasteiger partial charge in [-0.05, 0) is 66.7 Å². The summed E-state index contributed by atoms with van der Waals surface area (Å²) in [6, 6.07) is 20.6. The first-order chi connectivity index (χ1) is 15.2. The van der Waals surface area contributed by atoms with Crippen molar-refractivity contribution in [3.63, 3.8) is 0 Å². The van der Waals surface area contributed by atoms with Crippen LogP contribution in [0.15, 0.2) is 82.8 Å². The summed E-state index contributed by atoms with van der Waals surface area (Å²) in [5.41, 5.74) is 1.59. The van der Waals surface area contributed by atoms with Crippen LogP contribution in [0.1, 0.15) is 12.5 Å². The number of amides is 1. The second kappa shape index (κ2) is 9.49. The smallest absolute Gasteiger partial charge is 0.271 e. The fourth-order valence-electron chi connectivity index (χ4n) is 3.07. The van der Waals surface area contributed by atoms with Crippen LogP contribution in [0.25, 0.3) is 6.08 Å². The zero-order valence-corrected chi connectivity index (χ0v) is 18.0. The van der Waals surface area contributed by atoms with Crippen molar-refractivity contribution in [3.05, 3.63) is 83.4 Å². The number of carbonyl (C=O) groups is 1. The third kappa shape index (κ3) is 4.62. The number of carbonyl (C=O) groups excluding carboxylic acids is 1. The van der Waals surface area contributed by atoms with Crippen LogP contribution < -0.4 is 14.4 Å². The number of pyridine rings is 1. The quantitative estimate of drug-likeness (QED) is 0.496. The molecular weight excluding hydrogens is 410 g/mol. The molecule has 0 radical (unpaired) electrons. The Balaban J connectivity index is 1.73. The van der Waals surface area contributed by atoms with Gasteiger partial charge in [0.15, 0.2) is 22.5 Å². The highest BCUT2D eigenvalue weighted by Gasteiger charge is 2.34. The number of nitrogens with zero attached hydrogens (tertiary/aromatic N) is 3. The minimum atomic E-state index is -0.140. The second-order valence-corrected chi connectivity index (χ2v) is 7.52. The molecule has 0 spiro atoms. The van der Waals surface area contributed by atoms with E-state index in [1.165, 1.54) is 11.8 Å². The van der Waals surface area contributed by atoms with Crippen molar-refractivity contribution in [2.24, 2.45) is 4.99 Å². The fraction of sp³-hybridized carbons (Fsp3) is 0.125. The number of ether oxygens (including phenoxy) is 2. The normalized spacial score (nSPS) is 16.2. The Morgan fingerprint density at radius 1 is 1.06 bits per heavy atom. The molecule has 1 aliphatic rings. The van der Waals surface area contributed by atoms with Crippen molar-refractivity contribution in [2.45, 2.75) is 6.92 Å². The first-order valence-electron chi connectivity index (χ1n) is 9.79. The Morgan fingerprint density at radius 2 is 1.87 bits per heavy atom. The third-order valence-corrected chi connectivity index (χ3v) is 5.43. The topological polar surface area (TPSA) is 64.0 Å². The van der Waals surface area contributed by atoms with Gasteiger partial charge in [0.2, 0.25) is 0 Å². The standard InChI is InChI=1S/C24H21N3O3S/c1-3-30-19-13-12-17(15-20(19)29-2)16-21-23(28)27(18-9-5-4-6-10-18)24(31-21)26-22-11-7-8-14-25-22/h4-16H,3H2,1-2H3/b21-16-,26-24+. The molecule has 6 nitrogen and oxygen atoms in total. The Hall–Kier alpha value is -3.58. The maximum atomic E-state index is 13.3. The number of para-hydroxylation sites is 1. The Bertz CT molecular complexity index is 1130.